The van der Waals surface area contributed by atoms with Crippen LogP contribution in [0.15, 0.2) is 229 Å². The summed E-state index contributed by atoms with van der Waals surface area (Å²) < 4.78 is 85.3. The fourth-order valence-corrected chi connectivity index (χ4v) is 9.66. The Morgan fingerprint density at radius 2 is 0.984 bits per heavy atom. The molecule has 0 unspecified atom stereocenters. The normalized spacial score (nSPS) is 14.5. The van der Waals surface area contributed by atoms with E-state index in [0.717, 1.165) is 60.5 Å². The van der Waals surface area contributed by atoms with Gasteiger partial charge in [-0.3, -0.25) is 0 Å². The number of fused-ring (bicyclic) bond motifs is 8. The lowest BCUT2D eigenvalue weighted by Crippen LogP contribution is -2.16. The van der Waals surface area contributed by atoms with E-state index in [9.17, 15) is 11.0 Å². The van der Waals surface area contributed by atoms with Crippen molar-refractivity contribution in [1.29, 1.82) is 0 Å². The first-order valence-corrected chi connectivity index (χ1v) is 21.2. The number of anilines is 3. The van der Waals surface area contributed by atoms with Crippen molar-refractivity contribution in [3.05, 3.63) is 235 Å². The monoisotopic (exact) mass is 813 g/mol. The van der Waals surface area contributed by atoms with Crippen molar-refractivity contribution in [2.45, 2.75) is 19.3 Å². The molecule has 2 heteroatoms. The van der Waals surface area contributed by atoms with Crippen LogP contribution < -0.4 is 4.90 Å². The van der Waals surface area contributed by atoms with Crippen LogP contribution in [0.25, 0.3) is 88.3 Å². The standard InChI is InChI=1S/C61H43NO/c1-61(2)55-23-10-8-18-50(55)53-22-12-20-48(59(53)61)45-32-37-47(38-33-45)62(46-35-30-43(31-36-46)42-28-26-41(27-29-42)40-14-4-3-5-15-40)56-24-11-9-19-51(56)52-21-13-25-57-58(52)54-39-34-44-16-6-7-17-49(44)60(54)63-57/h3-39H,1-2H3/i30D,31D,32D,33D,35D,36D,37D,38D. The molecule has 1 aromatic heterocycles. The van der Waals surface area contributed by atoms with E-state index in [1.807, 2.05) is 133 Å². The smallest absolute Gasteiger partial charge is 0.143 e. The summed E-state index contributed by atoms with van der Waals surface area (Å²) in [6, 6.07) is 53.4. The van der Waals surface area contributed by atoms with E-state index in [4.69, 9.17) is 4.42 Å². The first-order valence-electron chi connectivity index (χ1n) is 25.2. The number of rotatable bonds is 7. The number of nitrogens with zero attached hydrogens (tertiary/aromatic N) is 1. The molecule has 0 N–H and O–H groups in total. The van der Waals surface area contributed by atoms with E-state index < -0.39 is 29.6 Å². The molecule has 0 radical (unpaired) electrons. The minimum absolute atomic E-state index is 0.0925. The van der Waals surface area contributed by atoms with E-state index in [1.54, 1.807) is 24.3 Å². The van der Waals surface area contributed by atoms with Crippen LogP contribution in [-0.4, -0.2) is 0 Å². The van der Waals surface area contributed by atoms with Gasteiger partial charge in [-0.15, -0.1) is 0 Å². The van der Waals surface area contributed by atoms with Crippen LogP contribution in [0.1, 0.15) is 35.9 Å². The zero-order valence-corrected chi connectivity index (χ0v) is 34.6. The number of furan rings is 1. The Morgan fingerprint density at radius 1 is 0.413 bits per heavy atom. The van der Waals surface area contributed by atoms with Crippen LogP contribution in [-0.2, 0) is 5.41 Å². The molecule has 0 atom stereocenters. The molecule has 10 aromatic carbocycles. The summed E-state index contributed by atoms with van der Waals surface area (Å²) in [4.78, 5) is 1.41. The quantitative estimate of drug-likeness (QED) is 0.159. The van der Waals surface area contributed by atoms with Crippen LogP contribution in [0.5, 0.6) is 0 Å². The Bertz CT molecular complexity index is 3950. The maximum atomic E-state index is 10.00. The molecular formula is C61H43NO. The molecule has 1 aliphatic rings. The molecule has 0 fully saturated rings. The molecule has 63 heavy (non-hydrogen) atoms. The topological polar surface area (TPSA) is 16.4 Å². The van der Waals surface area contributed by atoms with Gasteiger partial charge in [-0.1, -0.05) is 196 Å². The van der Waals surface area contributed by atoms with E-state index in [2.05, 4.69) is 32.0 Å². The maximum absolute atomic E-state index is 10.00. The van der Waals surface area contributed by atoms with Gasteiger partial charge in [0.1, 0.15) is 11.2 Å². The summed E-state index contributed by atoms with van der Waals surface area (Å²) in [5, 5.41) is 3.62. The number of para-hydroxylation sites is 1. The number of hydrogen-bond donors (Lipinski definition) is 0. The Kier molecular flexibility index (Phi) is 6.80. The van der Waals surface area contributed by atoms with Crippen molar-refractivity contribution in [1.82, 2.24) is 0 Å². The van der Waals surface area contributed by atoms with Crippen molar-refractivity contribution >= 4 is 49.8 Å². The summed E-state index contributed by atoms with van der Waals surface area (Å²) in [6.45, 7) is 4.22. The van der Waals surface area contributed by atoms with Crippen LogP contribution in [0.4, 0.5) is 17.1 Å². The Hall–Kier alpha value is -7.94. The Morgan fingerprint density at radius 3 is 1.76 bits per heavy atom. The SMILES string of the molecule is [2H]c1c([2H])c(N(c2ccccc2-c2cccc3oc4c5ccccc5ccc4c23)c2c([2H])c([2H])c(-c3cccc4c3C(C)(C)c3ccccc3-4)c([2H])c2[2H])c([2H])c([2H])c1-c1ccc(-c2ccccc2)cc1. The molecule has 0 bridgehead atoms. The van der Waals surface area contributed by atoms with Gasteiger partial charge in [0, 0.05) is 38.5 Å². The van der Waals surface area contributed by atoms with Gasteiger partial charge in [-0.25, -0.2) is 0 Å². The molecule has 0 saturated carbocycles. The second-order valence-corrected chi connectivity index (χ2v) is 16.6. The third-order valence-corrected chi connectivity index (χ3v) is 12.6. The average molecular weight is 814 g/mol. The lowest BCUT2D eigenvalue weighted by atomic mass is 9.79. The van der Waals surface area contributed by atoms with E-state index >= 15 is 0 Å². The molecule has 2 nitrogen and oxygen atoms in total. The van der Waals surface area contributed by atoms with Gasteiger partial charge < -0.3 is 9.32 Å². The van der Waals surface area contributed by atoms with Gasteiger partial charge >= 0.3 is 0 Å². The predicted octanol–water partition coefficient (Wildman–Crippen LogP) is 17.2. The molecule has 0 amide bonds. The summed E-state index contributed by atoms with van der Waals surface area (Å²) in [7, 11) is 0. The van der Waals surface area contributed by atoms with E-state index in [1.165, 1.54) is 4.90 Å². The molecule has 0 saturated heterocycles. The van der Waals surface area contributed by atoms with Crippen molar-refractivity contribution in [2.75, 3.05) is 4.90 Å². The Labute approximate surface area is 379 Å². The number of hydrogen-bond acceptors (Lipinski definition) is 2. The van der Waals surface area contributed by atoms with Crippen LogP contribution in [0.3, 0.4) is 0 Å². The lowest BCUT2D eigenvalue weighted by molar-refractivity contribution is 0.662. The lowest BCUT2D eigenvalue weighted by Gasteiger charge is -2.29. The van der Waals surface area contributed by atoms with Gasteiger partial charge in [-0.05, 0) is 109 Å². The third-order valence-electron chi connectivity index (χ3n) is 12.6. The molecule has 1 aliphatic carbocycles. The fourth-order valence-electron chi connectivity index (χ4n) is 9.66. The molecule has 298 valence electrons. The zero-order chi connectivity index (χ0) is 49.0. The molecular weight excluding hydrogens is 763 g/mol. The minimum atomic E-state index is -0.529. The van der Waals surface area contributed by atoms with E-state index in [0.29, 0.717) is 33.5 Å². The van der Waals surface area contributed by atoms with Crippen LogP contribution in [0.2, 0.25) is 0 Å². The molecule has 11 aromatic rings. The van der Waals surface area contributed by atoms with Gasteiger partial charge in [-0.2, -0.15) is 0 Å². The van der Waals surface area contributed by atoms with Crippen molar-refractivity contribution < 1.29 is 15.4 Å². The van der Waals surface area contributed by atoms with Gasteiger partial charge in [0.15, 0.2) is 0 Å². The summed E-state index contributed by atoms with van der Waals surface area (Å²) in [5.41, 5.74) is 9.20. The third kappa shape index (κ3) is 6.02. The highest BCUT2D eigenvalue weighted by Gasteiger charge is 2.37. The van der Waals surface area contributed by atoms with Crippen molar-refractivity contribution in [2.24, 2.45) is 0 Å². The summed E-state index contributed by atoms with van der Waals surface area (Å²) in [6.07, 6.45) is 0. The van der Waals surface area contributed by atoms with Crippen LogP contribution >= 0.6 is 0 Å². The highest BCUT2D eigenvalue weighted by atomic mass is 16.3. The zero-order valence-electron chi connectivity index (χ0n) is 42.6. The van der Waals surface area contributed by atoms with E-state index in [-0.39, 0.29) is 46.7 Å². The second-order valence-electron chi connectivity index (χ2n) is 16.6. The Balaban J connectivity index is 1.12. The minimum Gasteiger partial charge on any atom is -0.455 e. The molecule has 0 aliphatic heterocycles. The highest BCUT2D eigenvalue weighted by Crippen LogP contribution is 2.52. The molecule has 12 rings (SSSR count). The highest BCUT2D eigenvalue weighted by molar-refractivity contribution is 6.19. The van der Waals surface area contributed by atoms with Crippen LogP contribution in [0, 0.1) is 0 Å². The van der Waals surface area contributed by atoms with Crippen molar-refractivity contribution in [3.8, 4) is 55.6 Å². The van der Waals surface area contributed by atoms with Gasteiger partial charge in [0.25, 0.3) is 0 Å². The van der Waals surface area contributed by atoms with Gasteiger partial charge in [0.05, 0.1) is 16.7 Å². The molecule has 0 spiro atoms. The maximum Gasteiger partial charge on any atom is 0.143 e. The first-order chi connectivity index (χ1) is 34.4. The first kappa shape index (κ1) is 29.3. The van der Waals surface area contributed by atoms with Gasteiger partial charge in [0.2, 0.25) is 0 Å². The summed E-state index contributed by atoms with van der Waals surface area (Å²) >= 11 is 0. The van der Waals surface area contributed by atoms with Crippen molar-refractivity contribution in [3.63, 3.8) is 0 Å². The summed E-state index contributed by atoms with van der Waals surface area (Å²) in [5.74, 6) is 0. The second kappa shape index (κ2) is 14.6. The predicted molar refractivity (Wildman–Crippen MR) is 265 cm³/mol. The average Bonchev–Trinajstić information content (AvgIpc) is 3.90. The number of benzene rings is 10. The fraction of sp³-hybridized carbons (Fsp3) is 0.0492. The molecule has 1 heterocycles. The largest absolute Gasteiger partial charge is 0.455 e.